The van der Waals surface area contributed by atoms with Crippen LogP contribution in [0, 0.1) is 17.3 Å². The van der Waals surface area contributed by atoms with Gasteiger partial charge in [0.2, 0.25) is 5.91 Å². The van der Waals surface area contributed by atoms with Gasteiger partial charge in [-0.05, 0) is 49.4 Å². The maximum atomic E-state index is 12.4. The standard InChI is InChI=1S/C16H27NO3/c1-11-7-12(10-16(2,3)9-11)8-14(18)17-6-4-5-13(17)15(19)20/h11-13H,4-10H2,1-3H3,(H,19,20)/t11?,12?,13-/m1/s1. The topological polar surface area (TPSA) is 57.6 Å². The molecule has 1 saturated heterocycles. The van der Waals surface area contributed by atoms with Gasteiger partial charge in [-0.3, -0.25) is 4.79 Å². The van der Waals surface area contributed by atoms with Crippen molar-refractivity contribution >= 4 is 11.9 Å². The molecule has 4 nitrogen and oxygen atoms in total. The quantitative estimate of drug-likeness (QED) is 0.865. The molecule has 1 saturated carbocycles. The third-order valence-corrected chi connectivity index (χ3v) is 4.80. The first kappa shape index (κ1) is 15.3. The smallest absolute Gasteiger partial charge is 0.326 e. The number of carboxylic acid groups (broad SMARTS) is 1. The van der Waals surface area contributed by atoms with Gasteiger partial charge in [0.25, 0.3) is 0 Å². The molecule has 1 N–H and O–H groups in total. The van der Waals surface area contributed by atoms with Crippen molar-refractivity contribution in [3.63, 3.8) is 0 Å². The number of amides is 1. The molecule has 0 aromatic heterocycles. The van der Waals surface area contributed by atoms with Crippen LogP contribution in [0.2, 0.25) is 0 Å². The Hall–Kier alpha value is -1.06. The molecular formula is C16H27NO3. The first-order valence-electron chi connectivity index (χ1n) is 7.81. The zero-order chi connectivity index (χ0) is 14.9. The van der Waals surface area contributed by atoms with Crippen molar-refractivity contribution in [2.24, 2.45) is 17.3 Å². The van der Waals surface area contributed by atoms with Gasteiger partial charge in [0, 0.05) is 13.0 Å². The average molecular weight is 281 g/mol. The lowest BCUT2D eigenvalue weighted by molar-refractivity contribution is -0.148. The molecule has 2 rings (SSSR count). The number of likely N-dealkylation sites (tertiary alicyclic amines) is 1. The van der Waals surface area contributed by atoms with E-state index in [0.29, 0.717) is 36.6 Å². The van der Waals surface area contributed by atoms with Gasteiger partial charge in [0.05, 0.1) is 0 Å². The normalized spacial score (nSPS) is 33.1. The van der Waals surface area contributed by atoms with Crippen molar-refractivity contribution in [3.05, 3.63) is 0 Å². The van der Waals surface area contributed by atoms with E-state index in [9.17, 15) is 9.59 Å². The van der Waals surface area contributed by atoms with Gasteiger partial charge in [0.1, 0.15) is 6.04 Å². The predicted molar refractivity (Wildman–Crippen MR) is 77.3 cm³/mol. The molecule has 114 valence electrons. The Labute approximate surface area is 121 Å². The summed E-state index contributed by atoms with van der Waals surface area (Å²) < 4.78 is 0. The van der Waals surface area contributed by atoms with E-state index in [1.807, 2.05) is 0 Å². The Balaban J connectivity index is 1.95. The number of carboxylic acids is 1. The Morgan fingerprint density at radius 3 is 2.60 bits per heavy atom. The van der Waals surface area contributed by atoms with Crippen LogP contribution in [0.15, 0.2) is 0 Å². The molecule has 4 heteroatoms. The van der Waals surface area contributed by atoms with Crippen LogP contribution in [0.5, 0.6) is 0 Å². The van der Waals surface area contributed by atoms with E-state index in [0.717, 1.165) is 19.3 Å². The van der Waals surface area contributed by atoms with Gasteiger partial charge in [-0.15, -0.1) is 0 Å². The van der Waals surface area contributed by atoms with E-state index in [1.165, 1.54) is 6.42 Å². The minimum absolute atomic E-state index is 0.0461. The first-order chi connectivity index (χ1) is 9.28. The molecule has 1 amide bonds. The Morgan fingerprint density at radius 2 is 2.00 bits per heavy atom. The lowest BCUT2D eigenvalue weighted by Gasteiger charge is -2.39. The van der Waals surface area contributed by atoms with Crippen molar-refractivity contribution < 1.29 is 14.7 Å². The van der Waals surface area contributed by atoms with E-state index >= 15 is 0 Å². The lowest BCUT2D eigenvalue weighted by atomic mass is 9.67. The Morgan fingerprint density at radius 1 is 1.30 bits per heavy atom. The number of hydrogen-bond acceptors (Lipinski definition) is 2. The molecule has 1 heterocycles. The maximum absolute atomic E-state index is 12.4. The summed E-state index contributed by atoms with van der Waals surface area (Å²) in [7, 11) is 0. The molecule has 0 bridgehead atoms. The molecule has 0 spiro atoms. The van der Waals surface area contributed by atoms with Crippen LogP contribution in [0.1, 0.15) is 59.3 Å². The third kappa shape index (κ3) is 3.53. The summed E-state index contributed by atoms with van der Waals surface area (Å²) in [4.78, 5) is 25.2. The molecule has 0 radical (unpaired) electrons. The highest BCUT2D eigenvalue weighted by atomic mass is 16.4. The number of aliphatic carboxylic acids is 1. The zero-order valence-corrected chi connectivity index (χ0v) is 12.9. The predicted octanol–water partition coefficient (Wildman–Crippen LogP) is 2.91. The number of carbonyl (C=O) groups excluding carboxylic acids is 1. The van der Waals surface area contributed by atoms with Gasteiger partial charge in [-0.25, -0.2) is 4.79 Å². The number of nitrogens with zero attached hydrogens (tertiary/aromatic N) is 1. The fraction of sp³-hybridized carbons (Fsp3) is 0.875. The zero-order valence-electron chi connectivity index (χ0n) is 12.9. The van der Waals surface area contributed by atoms with Crippen LogP contribution in [0.25, 0.3) is 0 Å². The molecule has 1 aliphatic carbocycles. The first-order valence-corrected chi connectivity index (χ1v) is 7.81. The second kappa shape index (κ2) is 5.74. The van der Waals surface area contributed by atoms with E-state index in [4.69, 9.17) is 5.11 Å². The van der Waals surface area contributed by atoms with E-state index < -0.39 is 12.0 Å². The minimum atomic E-state index is -0.854. The Kier molecular flexibility index (Phi) is 4.40. The van der Waals surface area contributed by atoms with Crippen molar-refractivity contribution in [3.8, 4) is 0 Å². The minimum Gasteiger partial charge on any atom is -0.480 e. The summed E-state index contributed by atoms with van der Waals surface area (Å²) in [6.45, 7) is 7.42. The summed E-state index contributed by atoms with van der Waals surface area (Å²) in [5.74, 6) is 0.264. The number of hydrogen-bond donors (Lipinski definition) is 1. The van der Waals surface area contributed by atoms with Crippen LogP contribution in [-0.4, -0.2) is 34.5 Å². The summed E-state index contributed by atoms with van der Waals surface area (Å²) in [5, 5.41) is 9.17. The van der Waals surface area contributed by atoms with E-state index in [1.54, 1.807) is 4.90 Å². The average Bonchev–Trinajstić information content (AvgIpc) is 2.74. The second-order valence-corrected chi connectivity index (χ2v) is 7.57. The van der Waals surface area contributed by atoms with Crippen LogP contribution in [0.4, 0.5) is 0 Å². The van der Waals surface area contributed by atoms with Gasteiger partial charge in [0.15, 0.2) is 0 Å². The molecule has 2 unspecified atom stereocenters. The van der Waals surface area contributed by atoms with Crippen LogP contribution >= 0.6 is 0 Å². The van der Waals surface area contributed by atoms with Crippen molar-refractivity contribution in [2.75, 3.05) is 6.54 Å². The molecule has 2 aliphatic rings. The highest BCUT2D eigenvalue weighted by Crippen LogP contribution is 2.43. The summed E-state index contributed by atoms with van der Waals surface area (Å²) >= 11 is 0. The highest BCUT2D eigenvalue weighted by molar-refractivity contribution is 5.84. The monoisotopic (exact) mass is 281 g/mol. The third-order valence-electron chi connectivity index (χ3n) is 4.80. The van der Waals surface area contributed by atoms with E-state index in [-0.39, 0.29) is 5.91 Å². The second-order valence-electron chi connectivity index (χ2n) is 7.57. The van der Waals surface area contributed by atoms with Gasteiger partial charge in [-0.2, -0.15) is 0 Å². The largest absolute Gasteiger partial charge is 0.480 e. The fourth-order valence-corrected chi connectivity index (χ4v) is 4.39. The summed E-state index contributed by atoms with van der Waals surface area (Å²) in [6, 6.07) is -0.587. The maximum Gasteiger partial charge on any atom is 0.326 e. The highest BCUT2D eigenvalue weighted by Gasteiger charge is 2.37. The summed E-state index contributed by atoms with van der Waals surface area (Å²) in [5.41, 5.74) is 0.305. The van der Waals surface area contributed by atoms with E-state index in [2.05, 4.69) is 20.8 Å². The molecule has 2 fully saturated rings. The summed E-state index contributed by atoms with van der Waals surface area (Å²) in [6.07, 6.45) is 5.34. The van der Waals surface area contributed by atoms with Crippen LogP contribution in [0.3, 0.4) is 0 Å². The molecular weight excluding hydrogens is 254 g/mol. The number of rotatable bonds is 3. The number of carbonyl (C=O) groups is 2. The molecule has 20 heavy (non-hydrogen) atoms. The molecule has 0 aromatic rings. The fourth-order valence-electron chi connectivity index (χ4n) is 4.39. The lowest BCUT2D eigenvalue weighted by Crippen LogP contribution is -2.42. The van der Waals surface area contributed by atoms with Crippen molar-refractivity contribution in [1.82, 2.24) is 4.90 Å². The van der Waals surface area contributed by atoms with Gasteiger partial charge in [-0.1, -0.05) is 20.8 Å². The SMILES string of the molecule is CC1CC(CC(=O)N2CCC[C@@H]2C(=O)O)CC(C)(C)C1. The van der Waals surface area contributed by atoms with Crippen LogP contribution in [-0.2, 0) is 9.59 Å². The van der Waals surface area contributed by atoms with Gasteiger partial charge >= 0.3 is 5.97 Å². The van der Waals surface area contributed by atoms with Crippen molar-refractivity contribution in [1.29, 1.82) is 0 Å². The molecule has 3 atom stereocenters. The van der Waals surface area contributed by atoms with Crippen molar-refractivity contribution in [2.45, 2.75) is 65.3 Å². The molecule has 0 aromatic carbocycles. The van der Waals surface area contributed by atoms with Crippen LogP contribution < -0.4 is 0 Å². The Bertz CT molecular complexity index is 391. The van der Waals surface area contributed by atoms with Gasteiger partial charge < -0.3 is 10.0 Å². The molecule has 1 aliphatic heterocycles.